The zero-order chi connectivity index (χ0) is 10.0. The normalized spacial score (nSPS) is 10.0. The topological polar surface area (TPSA) is 70.1 Å². The maximum Gasteiger partial charge on any atom is 0.284 e. The van der Waals surface area contributed by atoms with Crippen LogP contribution in [0.5, 0.6) is 0 Å². The van der Waals surface area contributed by atoms with Crippen molar-refractivity contribution in [3.8, 4) is 0 Å². The third-order valence-electron chi connectivity index (χ3n) is 1.77. The number of aromatic nitrogens is 1. The molecule has 1 aromatic rings. The number of halogens is 1. The molecule has 70 valence electrons. The molecule has 0 aliphatic heterocycles. The van der Waals surface area contributed by atoms with E-state index in [9.17, 15) is 15.3 Å². The number of pyridine rings is 1. The Morgan fingerprint density at radius 3 is 2.77 bits per heavy atom. The van der Waals surface area contributed by atoms with E-state index in [0.29, 0.717) is 10.3 Å². The van der Waals surface area contributed by atoms with Gasteiger partial charge in [-0.1, -0.05) is 0 Å². The fourth-order valence-corrected chi connectivity index (χ4v) is 1.34. The molecule has 0 aliphatic carbocycles. The Hall–Kier alpha value is -1.36. The van der Waals surface area contributed by atoms with Gasteiger partial charge in [-0.05, 0) is 6.92 Å². The van der Waals surface area contributed by atoms with E-state index >= 15 is 0 Å². The van der Waals surface area contributed by atoms with Crippen LogP contribution in [0.4, 0.5) is 5.69 Å². The lowest BCUT2D eigenvalue weighted by Crippen LogP contribution is -2.31. The molecule has 1 rings (SSSR count). The number of nitrogens with zero attached hydrogens (tertiary/aromatic N) is 2. The highest BCUT2D eigenvalue weighted by atomic mass is 35.5. The highest BCUT2D eigenvalue weighted by Gasteiger charge is 2.19. The second-order valence-corrected chi connectivity index (χ2v) is 2.76. The largest absolute Gasteiger partial charge is 0.618 e. The summed E-state index contributed by atoms with van der Waals surface area (Å²) >= 11 is 5.47. The van der Waals surface area contributed by atoms with Crippen LogP contribution < -0.4 is 4.73 Å². The number of hydrogen-bond donors (Lipinski definition) is 0. The average Bonchev–Trinajstić information content (AvgIpc) is 2.04. The molecule has 0 bridgehead atoms. The molecule has 0 fully saturated rings. The molecule has 0 atom stereocenters. The predicted octanol–water partition coefficient (Wildman–Crippen LogP) is 1.28. The van der Waals surface area contributed by atoms with Crippen LogP contribution in [-0.2, 0) is 5.88 Å². The van der Waals surface area contributed by atoms with Crippen LogP contribution in [0.1, 0.15) is 11.3 Å². The van der Waals surface area contributed by atoms with Crippen molar-refractivity contribution in [3.63, 3.8) is 0 Å². The van der Waals surface area contributed by atoms with Crippen LogP contribution in [0.15, 0.2) is 12.3 Å². The van der Waals surface area contributed by atoms with Crippen molar-refractivity contribution in [1.29, 1.82) is 0 Å². The summed E-state index contributed by atoms with van der Waals surface area (Å²) in [6.07, 6.45) is 1.09. The first kappa shape index (κ1) is 9.73. The van der Waals surface area contributed by atoms with Gasteiger partial charge < -0.3 is 5.21 Å². The third-order valence-corrected chi connectivity index (χ3v) is 2.03. The van der Waals surface area contributed by atoms with Crippen molar-refractivity contribution in [2.75, 3.05) is 0 Å². The van der Waals surface area contributed by atoms with E-state index in [1.807, 2.05) is 0 Å². The number of rotatable bonds is 2. The Labute approximate surface area is 79.3 Å². The third kappa shape index (κ3) is 1.70. The molecule has 0 saturated carbocycles. The summed E-state index contributed by atoms with van der Waals surface area (Å²) in [6, 6.07) is 1.17. The average molecular weight is 203 g/mol. The summed E-state index contributed by atoms with van der Waals surface area (Å²) in [5.41, 5.74) is 0.455. The Balaban J connectivity index is 3.35. The first-order valence-electron chi connectivity index (χ1n) is 3.50. The SMILES string of the molecule is Cc1c([N+](=O)[O-])cc[n+]([O-])c1CCl. The molecule has 1 heterocycles. The first-order chi connectivity index (χ1) is 6.07. The summed E-state index contributed by atoms with van der Waals surface area (Å²) in [5, 5.41) is 21.5. The quantitative estimate of drug-likeness (QED) is 0.238. The van der Waals surface area contributed by atoms with Crippen molar-refractivity contribution in [3.05, 3.63) is 38.8 Å². The van der Waals surface area contributed by atoms with Gasteiger partial charge in [0.15, 0.2) is 6.20 Å². The van der Waals surface area contributed by atoms with E-state index in [-0.39, 0.29) is 17.3 Å². The van der Waals surface area contributed by atoms with Crippen molar-refractivity contribution in [1.82, 2.24) is 0 Å². The van der Waals surface area contributed by atoms with Crippen molar-refractivity contribution in [2.45, 2.75) is 12.8 Å². The second-order valence-electron chi connectivity index (χ2n) is 2.49. The summed E-state index contributed by atoms with van der Waals surface area (Å²) in [7, 11) is 0. The minimum absolute atomic E-state index is 0.0307. The van der Waals surface area contributed by atoms with E-state index in [1.54, 1.807) is 0 Å². The molecule has 0 amide bonds. The van der Waals surface area contributed by atoms with Crippen LogP contribution in [0, 0.1) is 22.2 Å². The molecular weight excluding hydrogens is 196 g/mol. The summed E-state index contributed by atoms with van der Waals surface area (Å²) in [5.74, 6) is -0.0307. The minimum atomic E-state index is -0.536. The molecule has 13 heavy (non-hydrogen) atoms. The van der Waals surface area contributed by atoms with Gasteiger partial charge in [0.05, 0.1) is 16.6 Å². The molecule has 0 unspecified atom stereocenters. The van der Waals surface area contributed by atoms with Gasteiger partial charge in [0.25, 0.3) is 5.69 Å². The number of nitro groups is 1. The Morgan fingerprint density at radius 1 is 1.69 bits per heavy atom. The molecule has 0 radical (unpaired) electrons. The van der Waals surface area contributed by atoms with Gasteiger partial charge in [0, 0.05) is 0 Å². The summed E-state index contributed by atoms with van der Waals surface area (Å²) in [6.45, 7) is 1.50. The molecule has 0 saturated heterocycles. The summed E-state index contributed by atoms with van der Waals surface area (Å²) < 4.78 is 0.537. The number of alkyl halides is 1. The van der Waals surface area contributed by atoms with Gasteiger partial charge in [-0.2, -0.15) is 4.73 Å². The molecule has 0 N–H and O–H groups in total. The minimum Gasteiger partial charge on any atom is -0.618 e. The van der Waals surface area contributed by atoms with Gasteiger partial charge in [-0.25, -0.2) is 0 Å². The van der Waals surface area contributed by atoms with Crippen molar-refractivity contribution in [2.24, 2.45) is 0 Å². The maximum atomic E-state index is 11.1. The van der Waals surface area contributed by atoms with Crippen molar-refractivity contribution < 1.29 is 9.65 Å². The van der Waals surface area contributed by atoms with Crippen LogP contribution in [0.2, 0.25) is 0 Å². The van der Waals surface area contributed by atoms with E-state index in [4.69, 9.17) is 11.6 Å². The van der Waals surface area contributed by atoms with Crippen LogP contribution >= 0.6 is 11.6 Å². The van der Waals surface area contributed by atoms with Gasteiger partial charge in [0.2, 0.25) is 5.69 Å². The van der Waals surface area contributed by atoms with Gasteiger partial charge in [-0.15, -0.1) is 11.6 Å². The molecule has 6 heteroatoms. The molecule has 0 aliphatic rings. The Kier molecular flexibility index (Phi) is 2.67. The van der Waals surface area contributed by atoms with Gasteiger partial charge in [-0.3, -0.25) is 10.1 Å². The Morgan fingerprint density at radius 2 is 2.31 bits per heavy atom. The highest BCUT2D eigenvalue weighted by Crippen LogP contribution is 2.18. The lowest BCUT2D eigenvalue weighted by atomic mass is 10.2. The standard InChI is InChI=1S/C7H7ClN2O3/c1-5-6(10(12)13)2-3-9(11)7(5)4-8/h2-3H,4H2,1H3. The van der Waals surface area contributed by atoms with Crippen LogP contribution in [0.3, 0.4) is 0 Å². The zero-order valence-corrected chi connectivity index (χ0v) is 7.61. The van der Waals surface area contributed by atoms with E-state index in [1.165, 1.54) is 13.0 Å². The number of hydrogen-bond acceptors (Lipinski definition) is 3. The van der Waals surface area contributed by atoms with Crippen molar-refractivity contribution >= 4 is 17.3 Å². The maximum absolute atomic E-state index is 11.1. The summed E-state index contributed by atoms with van der Waals surface area (Å²) in [4.78, 5) is 9.92. The van der Waals surface area contributed by atoms with Crippen LogP contribution in [-0.4, -0.2) is 4.92 Å². The first-order valence-corrected chi connectivity index (χ1v) is 4.03. The smallest absolute Gasteiger partial charge is 0.284 e. The molecule has 1 aromatic heterocycles. The lowest BCUT2D eigenvalue weighted by Gasteiger charge is -2.04. The van der Waals surface area contributed by atoms with E-state index < -0.39 is 4.92 Å². The fraction of sp³-hybridized carbons (Fsp3) is 0.286. The Bertz CT molecular complexity index is 354. The monoisotopic (exact) mass is 202 g/mol. The van der Waals surface area contributed by atoms with E-state index in [2.05, 4.69) is 0 Å². The predicted molar refractivity (Wildman–Crippen MR) is 46.4 cm³/mol. The second kappa shape index (κ2) is 3.57. The fourth-order valence-electron chi connectivity index (χ4n) is 1.02. The molecule has 0 spiro atoms. The highest BCUT2D eigenvalue weighted by molar-refractivity contribution is 6.16. The lowest BCUT2D eigenvalue weighted by molar-refractivity contribution is -0.614. The molecular formula is C7H7ClN2O3. The van der Waals surface area contributed by atoms with Crippen LogP contribution in [0.25, 0.3) is 0 Å². The zero-order valence-electron chi connectivity index (χ0n) is 6.86. The van der Waals surface area contributed by atoms with Gasteiger partial charge in [0.1, 0.15) is 5.88 Å². The van der Waals surface area contributed by atoms with E-state index in [0.717, 1.165) is 6.20 Å². The molecule has 0 aromatic carbocycles. The molecule has 5 nitrogen and oxygen atoms in total. The van der Waals surface area contributed by atoms with Gasteiger partial charge >= 0.3 is 0 Å².